The Kier molecular flexibility index (Phi) is 5.20. The molecule has 0 aromatic heterocycles. The van der Waals surface area contributed by atoms with Crippen LogP contribution in [0.2, 0.25) is 0 Å². The predicted molar refractivity (Wildman–Crippen MR) is 76.5 cm³/mol. The second kappa shape index (κ2) is 7.11. The van der Waals surface area contributed by atoms with Crippen LogP contribution in [0.25, 0.3) is 0 Å². The molecule has 1 aromatic rings. The average molecular weight is 292 g/mol. The lowest BCUT2D eigenvalue weighted by molar-refractivity contribution is -0.140. The first-order valence-electron chi connectivity index (χ1n) is 7.13. The van der Waals surface area contributed by atoms with Crippen molar-refractivity contribution in [1.82, 2.24) is 0 Å². The van der Waals surface area contributed by atoms with Crippen LogP contribution in [0.15, 0.2) is 18.2 Å². The van der Waals surface area contributed by atoms with Crippen molar-refractivity contribution in [2.24, 2.45) is 5.92 Å². The quantitative estimate of drug-likeness (QED) is 0.630. The minimum Gasteiger partial charge on any atom is -0.493 e. The van der Waals surface area contributed by atoms with Gasteiger partial charge in [0.15, 0.2) is 11.5 Å². The highest BCUT2D eigenvalue weighted by Crippen LogP contribution is 2.31. The highest BCUT2D eigenvalue weighted by atomic mass is 16.6. The number of methoxy groups -OCH3 is 2. The van der Waals surface area contributed by atoms with E-state index in [0.29, 0.717) is 17.1 Å². The molecule has 0 heterocycles. The van der Waals surface area contributed by atoms with Crippen LogP contribution < -0.4 is 9.47 Å². The van der Waals surface area contributed by atoms with Gasteiger partial charge in [-0.15, -0.1) is 0 Å². The third-order valence-corrected chi connectivity index (χ3v) is 3.73. The van der Waals surface area contributed by atoms with E-state index < -0.39 is 5.97 Å². The van der Waals surface area contributed by atoms with Crippen molar-refractivity contribution in [2.75, 3.05) is 14.2 Å². The van der Waals surface area contributed by atoms with Crippen molar-refractivity contribution >= 4 is 11.9 Å². The first-order valence-corrected chi connectivity index (χ1v) is 7.13. The fourth-order valence-corrected chi connectivity index (χ4v) is 2.53. The van der Waals surface area contributed by atoms with Crippen LogP contribution >= 0.6 is 0 Å². The van der Waals surface area contributed by atoms with Gasteiger partial charge in [0.25, 0.3) is 0 Å². The molecule has 1 saturated carbocycles. The Morgan fingerprint density at radius 2 is 1.76 bits per heavy atom. The molecule has 0 saturated heterocycles. The number of carbonyl (C=O) groups excluding carboxylic acids is 2. The van der Waals surface area contributed by atoms with E-state index in [1.165, 1.54) is 26.7 Å². The minimum absolute atomic E-state index is 0.0382. The Labute approximate surface area is 124 Å². The summed E-state index contributed by atoms with van der Waals surface area (Å²) in [5.74, 6) is -0.0381. The third kappa shape index (κ3) is 3.74. The molecule has 21 heavy (non-hydrogen) atoms. The van der Waals surface area contributed by atoms with E-state index in [1.54, 1.807) is 12.1 Å². The van der Waals surface area contributed by atoms with Crippen LogP contribution in [0.4, 0.5) is 0 Å². The number of carbonyl (C=O) groups is 2. The van der Waals surface area contributed by atoms with Gasteiger partial charge in [0.2, 0.25) is 0 Å². The van der Waals surface area contributed by atoms with E-state index in [0.717, 1.165) is 25.7 Å². The molecule has 2 rings (SSSR count). The lowest BCUT2D eigenvalue weighted by Gasteiger charge is -2.20. The average Bonchev–Trinajstić information content (AvgIpc) is 2.55. The normalized spacial score (nSPS) is 15.3. The van der Waals surface area contributed by atoms with Gasteiger partial charge in [0.1, 0.15) is 0 Å². The number of hydrogen-bond acceptors (Lipinski definition) is 5. The lowest BCUT2D eigenvalue weighted by atomic mass is 9.89. The maximum absolute atomic E-state index is 12.1. The number of hydrogen-bond donors (Lipinski definition) is 0. The van der Waals surface area contributed by atoms with E-state index >= 15 is 0 Å². The molecule has 0 spiro atoms. The van der Waals surface area contributed by atoms with Gasteiger partial charge in [-0.25, -0.2) is 4.79 Å². The second-order valence-corrected chi connectivity index (χ2v) is 5.11. The lowest BCUT2D eigenvalue weighted by Crippen LogP contribution is -2.23. The largest absolute Gasteiger partial charge is 0.493 e. The van der Waals surface area contributed by atoms with E-state index in [4.69, 9.17) is 9.47 Å². The molecule has 0 atom stereocenters. The molecular formula is C16H20O5. The highest BCUT2D eigenvalue weighted by Gasteiger charge is 2.24. The Hall–Kier alpha value is -2.04. The molecule has 1 aliphatic carbocycles. The molecule has 0 aliphatic heterocycles. The van der Waals surface area contributed by atoms with Crippen molar-refractivity contribution in [3.63, 3.8) is 0 Å². The molecule has 0 unspecified atom stereocenters. The predicted octanol–water partition coefficient (Wildman–Crippen LogP) is 2.97. The third-order valence-electron chi connectivity index (χ3n) is 3.73. The number of rotatable bonds is 4. The molecule has 1 aliphatic rings. The van der Waals surface area contributed by atoms with Crippen LogP contribution in [0.5, 0.6) is 11.5 Å². The standard InChI is InChI=1S/C16H20O5/c1-19-14-10-12(15(17)20-2)8-9-13(14)21-16(18)11-6-4-3-5-7-11/h8-11H,3-7H2,1-2H3. The molecular weight excluding hydrogens is 272 g/mol. The van der Waals surface area contributed by atoms with Gasteiger partial charge in [0, 0.05) is 0 Å². The smallest absolute Gasteiger partial charge is 0.337 e. The van der Waals surface area contributed by atoms with E-state index in [1.807, 2.05) is 0 Å². The molecule has 114 valence electrons. The fraction of sp³-hybridized carbons (Fsp3) is 0.500. The number of ether oxygens (including phenoxy) is 3. The maximum atomic E-state index is 12.1. The van der Waals surface area contributed by atoms with E-state index in [9.17, 15) is 9.59 Å². The fourth-order valence-electron chi connectivity index (χ4n) is 2.53. The number of benzene rings is 1. The second-order valence-electron chi connectivity index (χ2n) is 5.11. The minimum atomic E-state index is -0.460. The molecule has 5 heteroatoms. The summed E-state index contributed by atoms with van der Waals surface area (Å²) in [4.78, 5) is 23.6. The van der Waals surface area contributed by atoms with Gasteiger partial charge in [0.05, 0.1) is 25.7 Å². The van der Waals surface area contributed by atoms with Crippen LogP contribution in [-0.2, 0) is 9.53 Å². The molecule has 0 radical (unpaired) electrons. The zero-order valence-corrected chi connectivity index (χ0v) is 12.4. The molecule has 0 bridgehead atoms. The highest BCUT2D eigenvalue weighted by molar-refractivity contribution is 5.90. The van der Waals surface area contributed by atoms with Gasteiger partial charge in [-0.1, -0.05) is 19.3 Å². The summed E-state index contributed by atoms with van der Waals surface area (Å²) in [6.45, 7) is 0. The van der Waals surface area contributed by atoms with E-state index in [-0.39, 0.29) is 11.9 Å². The summed E-state index contributed by atoms with van der Waals surface area (Å²) in [5, 5.41) is 0. The maximum Gasteiger partial charge on any atom is 0.337 e. The Morgan fingerprint density at radius 3 is 2.38 bits per heavy atom. The van der Waals surface area contributed by atoms with E-state index in [2.05, 4.69) is 4.74 Å². The van der Waals surface area contributed by atoms with Gasteiger partial charge in [-0.05, 0) is 31.0 Å². The molecule has 1 fully saturated rings. The van der Waals surface area contributed by atoms with Crippen LogP contribution in [0.3, 0.4) is 0 Å². The van der Waals surface area contributed by atoms with Gasteiger partial charge >= 0.3 is 11.9 Å². The zero-order chi connectivity index (χ0) is 15.2. The van der Waals surface area contributed by atoms with Crippen molar-refractivity contribution in [2.45, 2.75) is 32.1 Å². The summed E-state index contributed by atoms with van der Waals surface area (Å²) in [6, 6.07) is 4.62. The summed E-state index contributed by atoms with van der Waals surface area (Å²) in [5.41, 5.74) is 0.354. The van der Waals surface area contributed by atoms with Crippen LogP contribution in [-0.4, -0.2) is 26.2 Å². The van der Waals surface area contributed by atoms with Gasteiger partial charge < -0.3 is 14.2 Å². The topological polar surface area (TPSA) is 61.8 Å². The summed E-state index contributed by atoms with van der Waals surface area (Å²) < 4.78 is 15.3. The first kappa shape index (κ1) is 15.4. The van der Waals surface area contributed by atoms with Crippen molar-refractivity contribution in [3.8, 4) is 11.5 Å². The van der Waals surface area contributed by atoms with Crippen molar-refractivity contribution in [3.05, 3.63) is 23.8 Å². The van der Waals surface area contributed by atoms with Crippen LogP contribution in [0, 0.1) is 5.92 Å². The number of esters is 2. The molecule has 5 nitrogen and oxygen atoms in total. The Morgan fingerprint density at radius 1 is 1.05 bits per heavy atom. The molecule has 0 amide bonds. The summed E-state index contributed by atoms with van der Waals surface area (Å²) >= 11 is 0. The Bertz CT molecular complexity index is 517. The van der Waals surface area contributed by atoms with Crippen molar-refractivity contribution in [1.29, 1.82) is 0 Å². The van der Waals surface area contributed by atoms with Crippen molar-refractivity contribution < 1.29 is 23.8 Å². The molecule has 0 N–H and O–H groups in total. The van der Waals surface area contributed by atoms with Gasteiger partial charge in [-0.2, -0.15) is 0 Å². The van der Waals surface area contributed by atoms with Gasteiger partial charge in [-0.3, -0.25) is 4.79 Å². The molecule has 1 aromatic carbocycles. The first-order chi connectivity index (χ1) is 10.2. The summed E-state index contributed by atoms with van der Waals surface area (Å²) in [7, 11) is 2.78. The van der Waals surface area contributed by atoms with Crippen LogP contribution in [0.1, 0.15) is 42.5 Å². The summed E-state index contributed by atoms with van der Waals surface area (Å²) in [6.07, 6.45) is 5.07. The SMILES string of the molecule is COC(=O)c1ccc(OC(=O)C2CCCCC2)c(OC)c1. The monoisotopic (exact) mass is 292 g/mol. The zero-order valence-electron chi connectivity index (χ0n) is 12.4. The Balaban J connectivity index is 2.11.